The predicted molar refractivity (Wildman–Crippen MR) is 74.3 cm³/mol. The molecule has 0 aliphatic carbocycles. The number of quaternary nitrogens is 1. The number of benzene rings is 1. The van der Waals surface area contributed by atoms with Crippen LogP contribution in [0.3, 0.4) is 0 Å². The first-order chi connectivity index (χ1) is 8.91. The first-order valence-electron chi connectivity index (χ1n) is 5.74. The van der Waals surface area contributed by atoms with Crippen molar-refractivity contribution in [3.8, 4) is 0 Å². The van der Waals surface area contributed by atoms with Crippen LogP contribution in [0.5, 0.6) is 0 Å². The van der Waals surface area contributed by atoms with Gasteiger partial charge in [0.25, 0.3) is 5.91 Å². The molecule has 1 unspecified atom stereocenters. The van der Waals surface area contributed by atoms with Crippen molar-refractivity contribution in [3.63, 3.8) is 0 Å². The molecule has 1 aromatic carbocycles. The van der Waals surface area contributed by atoms with Gasteiger partial charge in [0.2, 0.25) is 0 Å². The Balaban J connectivity index is 2.52. The number of amides is 1. The van der Waals surface area contributed by atoms with Gasteiger partial charge in [-0.1, -0.05) is 11.6 Å². The maximum atomic E-state index is 11.3. The highest BCUT2D eigenvalue weighted by molar-refractivity contribution is 6.38. The van der Waals surface area contributed by atoms with E-state index in [-0.39, 0.29) is 16.4 Å². The number of primary amides is 1. The average Bonchev–Trinajstić information content (AvgIpc) is 2.69. The van der Waals surface area contributed by atoms with Gasteiger partial charge in [-0.2, -0.15) is 0 Å². The highest BCUT2D eigenvalue weighted by Crippen LogP contribution is 2.42. The van der Waals surface area contributed by atoms with Crippen molar-refractivity contribution in [2.75, 3.05) is 18.5 Å². The van der Waals surface area contributed by atoms with Gasteiger partial charge < -0.3 is 17.2 Å². The Kier molecular flexibility index (Phi) is 2.35. The second kappa shape index (κ2) is 3.72. The summed E-state index contributed by atoms with van der Waals surface area (Å²) >= 11 is 6.14. The van der Waals surface area contributed by atoms with E-state index in [0.717, 1.165) is 21.5 Å². The maximum Gasteiger partial charge on any atom is 0.267 e. The number of halogens is 1. The minimum absolute atomic E-state index is 0.190. The fourth-order valence-corrected chi connectivity index (χ4v) is 2.83. The number of nitrogen functional groups attached to an aromatic ring is 2. The van der Waals surface area contributed by atoms with Crippen LogP contribution in [0.25, 0.3) is 10.9 Å². The summed E-state index contributed by atoms with van der Waals surface area (Å²) in [6.45, 7) is 0.693. The lowest BCUT2D eigenvalue weighted by Gasteiger charge is -2.12. The van der Waals surface area contributed by atoms with Crippen molar-refractivity contribution in [1.29, 1.82) is 0 Å². The van der Waals surface area contributed by atoms with Crippen LogP contribution in [0, 0.1) is 0 Å². The second-order valence-corrected chi connectivity index (χ2v) is 5.11. The molecule has 2 heterocycles. The molecule has 19 heavy (non-hydrogen) atoms. The Morgan fingerprint density at radius 1 is 1.42 bits per heavy atom. The van der Waals surface area contributed by atoms with Crippen LogP contribution >= 0.6 is 11.6 Å². The molecule has 1 amide bonds. The summed E-state index contributed by atoms with van der Waals surface area (Å²) in [5, 5.41) is 1.16. The number of hydrogen-bond donors (Lipinski definition) is 4. The summed E-state index contributed by atoms with van der Waals surface area (Å²) in [7, 11) is 1.97. The van der Waals surface area contributed by atoms with Gasteiger partial charge in [-0.15, -0.1) is 0 Å². The number of rotatable bonds is 1. The number of nitrogens with two attached hydrogens (primary N) is 3. The van der Waals surface area contributed by atoms with Crippen LogP contribution in [0.2, 0.25) is 5.02 Å². The quantitative estimate of drug-likeness (QED) is 0.542. The summed E-state index contributed by atoms with van der Waals surface area (Å²) < 4.78 is 0. The minimum atomic E-state index is -0.586. The second-order valence-electron chi connectivity index (χ2n) is 4.73. The van der Waals surface area contributed by atoms with Crippen LogP contribution in [-0.4, -0.2) is 17.9 Å². The molecule has 0 saturated heterocycles. The standard InChI is InChI=1S/C12H12ClN5O/c1-18-3-4-2-5(12(16)19)17-10-6(4)11(18)9(15)7(13)8(10)14/h2H,3,14-15H2,1H3,(H2,16,19)/p+1. The van der Waals surface area contributed by atoms with Crippen molar-refractivity contribution in [3.05, 3.63) is 22.3 Å². The third-order valence-electron chi connectivity index (χ3n) is 3.48. The molecule has 0 fully saturated rings. The number of carbonyl (C=O) groups excluding carboxylic acids is 1. The number of nitrogens with one attached hydrogen (secondary N) is 1. The fraction of sp³-hybridized carbons (Fsp3) is 0.167. The van der Waals surface area contributed by atoms with Gasteiger partial charge in [0.05, 0.1) is 23.1 Å². The molecule has 1 aliphatic heterocycles. The predicted octanol–water partition coefficient (Wildman–Crippen LogP) is -0.189. The van der Waals surface area contributed by atoms with Crippen LogP contribution in [0.15, 0.2) is 6.07 Å². The molecule has 0 radical (unpaired) electrons. The third kappa shape index (κ3) is 1.47. The molecule has 0 spiro atoms. The molecule has 98 valence electrons. The minimum Gasteiger partial charge on any atom is -0.396 e. The Morgan fingerprint density at radius 3 is 2.74 bits per heavy atom. The Morgan fingerprint density at radius 2 is 2.11 bits per heavy atom. The van der Waals surface area contributed by atoms with Gasteiger partial charge in [0, 0.05) is 5.56 Å². The fourth-order valence-electron chi connectivity index (χ4n) is 2.65. The van der Waals surface area contributed by atoms with Crippen molar-refractivity contribution in [2.45, 2.75) is 6.54 Å². The molecular formula is C12H13ClN5O+. The lowest BCUT2D eigenvalue weighted by Crippen LogP contribution is -3.01. The highest BCUT2D eigenvalue weighted by Gasteiger charge is 2.31. The lowest BCUT2D eigenvalue weighted by atomic mass is 10.1. The van der Waals surface area contributed by atoms with Crippen molar-refractivity contribution in [1.82, 2.24) is 4.98 Å². The molecule has 6 nitrogen and oxygen atoms in total. The zero-order valence-electron chi connectivity index (χ0n) is 10.2. The van der Waals surface area contributed by atoms with E-state index < -0.39 is 5.91 Å². The van der Waals surface area contributed by atoms with E-state index in [4.69, 9.17) is 28.8 Å². The molecular weight excluding hydrogens is 266 g/mol. The van der Waals surface area contributed by atoms with E-state index in [0.29, 0.717) is 17.7 Å². The monoisotopic (exact) mass is 278 g/mol. The van der Waals surface area contributed by atoms with E-state index in [1.807, 2.05) is 7.05 Å². The van der Waals surface area contributed by atoms with E-state index >= 15 is 0 Å². The molecule has 1 aromatic heterocycles. The maximum absolute atomic E-state index is 11.3. The summed E-state index contributed by atoms with van der Waals surface area (Å²) in [4.78, 5) is 16.6. The van der Waals surface area contributed by atoms with E-state index in [1.165, 1.54) is 0 Å². The van der Waals surface area contributed by atoms with Gasteiger partial charge in [0.1, 0.15) is 23.4 Å². The number of nitrogens with zero attached hydrogens (tertiary/aromatic N) is 1. The topological polar surface area (TPSA) is 112 Å². The molecule has 7 N–H and O–H groups in total. The Labute approximate surface area is 114 Å². The molecule has 0 bridgehead atoms. The molecule has 0 saturated carbocycles. The molecule has 3 rings (SSSR count). The smallest absolute Gasteiger partial charge is 0.267 e. The van der Waals surface area contributed by atoms with E-state index in [1.54, 1.807) is 6.07 Å². The number of carbonyl (C=O) groups is 1. The molecule has 7 heteroatoms. The molecule has 1 aliphatic rings. The van der Waals surface area contributed by atoms with Crippen LogP contribution in [0.1, 0.15) is 16.1 Å². The summed E-state index contributed by atoms with van der Waals surface area (Å²) in [6, 6.07) is 1.69. The summed E-state index contributed by atoms with van der Waals surface area (Å²) in [5.74, 6) is -0.586. The van der Waals surface area contributed by atoms with Gasteiger partial charge in [-0.3, -0.25) is 9.69 Å². The summed E-state index contributed by atoms with van der Waals surface area (Å²) in [6.07, 6.45) is 0. The van der Waals surface area contributed by atoms with Gasteiger partial charge in [0.15, 0.2) is 5.69 Å². The van der Waals surface area contributed by atoms with E-state index in [9.17, 15) is 4.79 Å². The first-order valence-corrected chi connectivity index (χ1v) is 6.12. The third-order valence-corrected chi connectivity index (χ3v) is 3.89. The zero-order chi connectivity index (χ0) is 13.9. The van der Waals surface area contributed by atoms with Gasteiger partial charge in [-0.25, -0.2) is 4.98 Å². The SMILES string of the molecule is C[NH+]1Cc2cc(C(N)=O)nc3c(N)c(Cl)c(N)c1c23. The first kappa shape index (κ1) is 12.0. The zero-order valence-corrected chi connectivity index (χ0v) is 11.0. The molecule has 2 aromatic rings. The van der Waals surface area contributed by atoms with Crippen molar-refractivity contribution >= 4 is 45.5 Å². The van der Waals surface area contributed by atoms with Crippen LogP contribution < -0.4 is 22.1 Å². The van der Waals surface area contributed by atoms with Crippen LogP contribution in [-0.2, 0) is 6.54 Å². The van der Waals surface area contributed by atoms with Crippen molar-refractivity contribution < 1.29 is 9.69 Å². The lowest BCUT2D eigenvalue weighted by molar-refractivity contribution is -0.819. The molecule has 1 atom stereocenters. The van der Waals surface area contributed by atoms with Crippen molar-refractivity contribution in [2.24, 2.45) is 5.73 Å². The average molecular weight is 279 g/mol. The number of pyridine rings is 1. The van der Waals surface area contributed by atoms with Gasteiger partial charge in [-0.05, 0) is 6.07 Å². The highest BCUT2D eigenvalue weighted by atomic mass is 35.5. The Hall–Kier alpha value is -2.05. The number of aromatic nitrogens is 1. The summed E-state index contributed by atoms with van der Waals surface area (Å²) in [5.41, 5.74) is 20.6. The number of hydrogen-bond acceptors (Lipinski definition) is 4. The van der Waals surface area contributed by atoms with E-state index in [2.05, 4.69) is 4.98 Å². The Bertz CT molecular complexity index is 743. The normalized spacial score (nSPS) is 17.1. The number of anilines is 2. The van der Waals surface area contributed by atoms with Crippen LogP contribution in [0.4, 0.5) is 17.1 Å². The largest absolute Gasteiger partial charge is 0.396 e. The van der Waals surface area contributed by atoms with Gasteiger partial charge >= 0.3 is 0 Å².